The van der Waals surface area contributed by atoms with Gasteiger partial charge in [0.1, 0.15) is 0 Å². The van der Waals surface area contributed by atoms with E-state index in [2.05, 4.69) is 24.4 Å². The zero-order valence-corrected chi connectivity index (χ0v) is 20.5. The van der Waals surface area contributed by atoms with Crippen molar-refractivity contribution in [2.75, 3.05) is 60.6 Å². The lowest BCUT2D eigenvalue weighted by Gasteiger charge is -2.30. The van der Waals surface area contributed by atoms with Gasteiger partial charge in [0, 0.05) is 51.3 Å². The second kappa shape index (κ2) is 12.3. The summed E-state index contributed by atoms with van der Waals surface area (Å²) in [5.41, 5.74) is 1.56. The Balaban J connectivity index is 1.84. The third-order valence-corrected chi connectivity index (χ3v) is 6.13. The Kier molecular flexibility index (Phi) is 9.16. The van der Waals surface area contributed by atoms with Crippen molar-refractivity contribution in [2.45, 2.75) is 19.3 Å². The number of carbonyl (C=O) groups excluding carboxylic acids is 2. The second-order valence-electron chi connectivity index (χ2n) is 8.36. The van der Waals surface area contributed by atoms with Gasteiger partial charge in [-0.15, -0.1) is 0 Å². The van der Waals surface area contributed by atoms with Crippen molar-refractivity contribution in [1.82, 2.24) is 15.1 Å². The highest BCUT2D eigenvalue weighted by atomic mass is 16.5. The van der Waals surface area contributed by atoms with Crippen molar-refractivity contribution < 1.29 is 23.8 Å². The average Bonchev–Trinajstić information content (AvgIpc) is 2.90. The fourth-order valence-electron chi connectivity index (χ4n) is 4.18. The number of ether oxygens (including phenoxy) is 3. The van der Waals surface area contributed by atoms with E-state index < -0.39 is 0 Å². The van der Waals surface area contributed by atoms with Gasteiger partial charge < -0.3 is 29.3 Å². The first-order chi connectivity index (χ1) is 16.5. The standard InChI is InChI=1S/C26H35N3O5/c1-19(20-8-6-5-7-9-20)18-29(13-10-24(30)28-14-11-27-12-15-28)26(31)21-16-22(32-2)25(34-4)23(17-21)33-3/h5-9,16-17,19,27H,10-15,18H2,1-4H3. The number of hydrogen-bond donors (Lipinski definition) is 1. The molecule has 0 aliphatic carbocycles. The van der Waals surface area contributed by atoms with Gasteiger partial charge in [-0.05, 0) is 23.6 Å². The van der Waals surface area contributed by atoms with Gasteiger partial charge in [0.15, 0.2) is 11.5 Å². The van der Waals surface area contributed by atoms with Crippen molar-refractivity contribution in [1.29, 1.82) is 0 Å². The molecule has 3 rings (SSSR count). The summed E-state index contributed by atoms with van der Waals surface area (Å²) in [7, 11) is 4.57. The molecule has 1 aliphatic rings. The molecule has 0 saturated carbocycles. The van der Waals surface area contributed by atoms with Gasteiger partial charge in [-0.3, -0.25) is 9.59 Å². The number of rotatable bonds is 10. The van der Waals surface area contributed by atoms with Gasteiger partial charge in [0.2, 0.25) is 11.7 Å². The Morgan fingerprint density at radius 1 is 1.00 bits per heavy atom. The minimum absolute atomic E-state index is 0.0663. The highest BCUT2D eigenvalue weighted by molar-refractivity contribution is 5.96. The van der Waals surface area contributed by atoms with E-state index >= 15 is 0 Å². The summed E-state index contributed by atoms with van der Waals surface area (Å²) < 4.78 is 16.3. The molecular weight excluding hydrogens is 434 g/mol. The molecular formula is C26H35N3O5. The van der Waals surface area contributed by atoms with Crippen LogP contribution in [0.3, 0.4) is 0 Å². The van der Waals surface area contributed by atoms with Crippen molar-refractivity contribution >= 4 is 11.8 Å². The van der Waals surface area contributed by atoms with E-state index in [0.717, 1.165) is 18.7 Å². The lowest BCUT2D eigenvalue weighted by Crippen LogP contribution is -2.47. The molecule has 0 spiro atoms. The number of carbonyl (C=O) groups is 2. The average molecular weight is 470 g/mol. The molecule has 1 N–H and O–H groups in total. The van der Waals surface area contributed by atoms with E-state index in [0.29, 0.717) is 49.0 Å². The number of nitrogens with one attached hydrogen (secondary N) is 1. The lowest BCUT2D eigenvalue weighted by molar-refractivity contribution is -0.131. The second-order valence-corrected chi connectivity index (χ2v) is 8.36. The molecule has 1 aliphatic heterocycles. The van der Waals surface area contributed by atoms with E-state index in [1.165, 1.54) is 21.3 Å². The van der Waals surface area contributed by atoms with E-state index in [9.17, 15) is 9.59 Å². The molecule has 2 aromatic rings. The van der Waals surface area contributed by atoms with Crippen LogP contribution in [0, 0.1) is 0 Å². The molecule has 2 amide bonds. The summed E-state index contributed by atoms with van der Waals surface area (Å²) >= 11 is 0. The molecule has 1 fully saturated rings. The maximum absolute atomic E-state index is 13.7. The van der Waals surface area contributed by atoms with Gasteiger partial charge >= 0.3 is 0 Å². The van der Waals surface area contributed by atoms with Crippen LogP contribution in [0.5, 0.6) is 17.2 Å². The van der Waals surface area contributed by atoms with Crippen LogP contribution < -0.4 is 19.5 Å². The Morgan fingerprint density at radius 2 is 1.62 bits per heavy atom. The number of benzene rings is 2. The topological polar surface area (TPSA) is 80.3 Å². The summed E-state index contributed by atoms with van der Waals surface area (Å²) in [6, 6.07) is 13.4. The molecule has 1 heterocycles. The van der Waals surface area contributed by atoms with Crippen LogP contribution in [0.25, 0.3) is 0 Å². The molecule has 1 unspecified atom stereocenters. The smallest absolute Gasteiger partial charge is 0.254 e. The van der Waals surface area contributed by atoms with Crippen LogP contribution in [0.2, 0.25) is 0 Å². The number of methoxy groups -OCH3 is 3. The van der Waals surface area contributed by atoms with E-state index in [-0.39, 0.29) is 24.2 Å². The predicted octanol–water partition coefficient (Wildman–Crippen LogP) is 2.78. The molecule has 0 radical (unpaired) electrons. The summed E-state index contributed by atoms with van der Waals surface area (Å²) in [5.74, 6) is 1.24. The fraction of sp³-hybridized carbons (Fsp3) is 0.462. The monoisotopic (exact) mass is 469 g/mol. The summed E-state index contributed by atoms with van der Waals surface area (Å²) in [4.78, 5) is 30.1. The van der Waals surface area contributed by atoms with Crippen LogP contribution in [-0.4, -0.2) is 82.2 Å². The molecule has 1 atom stereocenters. The van der Waals surface area contributed by atoms with Crippen molar-refractivity contribution in [3.8, 4) is 17.2 Å². The van der Waals surface area contributed by atoms with Crippen molar-refractivity contribution in [2.24, 2.45) is 0 Å². The van der Waals surface area contributed by atoms with Crippen LogP contribution in [0.15, 0.2) is 42.5 Å². The van der Waals surface area contributed by atoms with Gasteiger partial charge in [0.05, 0.1) is 21.3 Å². The maximum Gasteiger partial charge on any atom is 0.254 e. The third kappa shape index (κ3) is 6.20. The number of nitrogens with zero attached hydrogens (tertiary/aromatic N) is 2. The molecule has 8 heteroatoms. The predicted molar refractivity (Wildman–Crippen MR) is 131 cm³/mol. The fourth-order valence-corrected chi connectivity index (χ4v) is 4.18. The minimum Gasteiger partial charge on any atom is -0.493 e. The van der Waals surface area contributed by atoms with Crippen LogP contribution in [-0.2, 0) is 4.79 Å². The Morgan fingerprint density at radius 3 is 2.18 bits per heavy atom. The van der Waals surface area contributed by atoms with Crippen LogP contribution in [0.4, 0.5) is 0 Å². The van der Waals surface area contributed by atoms with Crippen LogP contribution >= 0.6 is 0 Å². The first kappa shape index (κ1) is 25.4. The summed E-state index contributed by atoms with van der Waals surface area (Å²) in [5, 5.41) is 3.26. The summed E-state index contributed by atoms with van der Waals surface area (Å²) in [6.45, 7) is 5.88. The quantitative estimate of drug-likeness (QED) is 0.577. The first-order valence-electron chi connectivity index (χ1n) is 11.6. The molecule has 0 aromatic heterocycles. The third-order valence-electron chi connectivity index (χ3n) is 6.13. The SMILES string of the molecule is COc1cc(C(=O)N(CCC(=O)N2CCNCC2)CC(C)c2ccccc2)cc(OC)c1OC. The number of piperazine rings is 1. The van der Waals surface area contributed by atoms with E-state index in [1.54, 1.807) is 17.0 Å². The Bertz CT molecular complexity index is 935. The molecule has 8 nitrogen and oxygen atoms in total. The zero-order valence-electron chi connectivity index (χ0n) is 20.5. The van der Waals surface area contributed by atoms with Crippen molar-refractivity contribution in [3.63, 3.8) is 0 Å². The van der Waals surface area contributed by atoms with Crippen molar-refractivity contribution in [3.05, 3.63) is 53.6 Å². The Hall–Kier alpha value is -3.26. The lowest BCUT2D eigenvalue weighted by atomic mass is 10.00. The molecule has 2 aromatic carbocycles. The maximum atomic E-state index is 13.7. The molecule has 0 bridgehead atoms. The van der Waals surface area contributed by atoms with E-state index in [1.807, 2.05) is 23.1 Å². The van der Waals surface area contributed by atoms with Gasteiger partial charge in [-0.25, -0.2) is 0 Å². The number of hydrogen-bond acceptors (Lipinski definition) is 6. The van der Waals surface area contributed by atoms with E-state index in [4.69, 9.17) is 14.2 Å². The molecule has 1 saturated heterocycles. The molecule has 34 heavy (non-hydrogen) atoms. The van der Waals surface area contributed by atoms with Gasteiger partial charge in [-0.2, -0.15) is 0 Å². The number of amides is 2. The molecule has 184 valence electrons. The Labute approximate surface area is 201 Å². The minimum atomic E-state index is -0.185. The first-order valence-corrected chi connectivity index (χ1v) is 11.6. The van der Waals surface area contributed by atoms with Crippen LogP contribution in [0.1, 0.15) is 35.2 Å². The largest absolute Gasteiger partial charge is 0.493 e. The van der Waals surface area contributed by atoms with Gasteiger partial charge in [-0.1, -0.05) is 37.3 Å². The summed E-state index contributed by atoms with van der Waals surface area (Å²) in [6.07, 6.45) is 0.275. The zero-order chi connectivity index (χ0) is 24.5. The normalized spacial score (nSPS) is 14.3. The highest BCUT2D eigenvalue weighted by Gasteiger charge is 2.25. The highest BCUT2D eigenvalue weighted by Crippen LogP contribution is 2.38. The van der Waals surface area contributed by atoms with Gasteiger partial charge in [0.25, 0.3) is 5.91 Å².